The molecule has 0 radical (unpaired) electrons. The van der Waals surface area contributed by atoms with E-state index in [1.807, 2.05) is 6.07 Å². The van der Waals surface area contributed by atoms with Gasteiger partial charge in [-0.05, 0) is 66.3 Å². The highest BCUT2D eigenvalue weighted by Gasteiger charge is 2.20. The van der Waals surface area contributed by atoms with Crippen molar-refractivity contribution in [3.8, 4) is 11.1 Å². The molecule has 4 heteroatoms. The van der Waals surface area contributed by atoms with Crippen LogP contribution in [0.1, 0.15) is 30.4 Å². The molecule has 0 saturated carbocycles. The fourth-order valence-corrected chi connectivity index (χ4v) is 6.95. The standard InChI is InChI=1S/C43H31N3O/c1-4-15-29(16-5-1)32-22-14-25-39-42(32)35-27-38-34(28-40(35)47-39)33-21-10-12-24-37(33)46(38)41-26-13-11-23-36(30-17-6-2-7-18-30)44-43(45-41)31-19-8-3-9-20-31/h1-10,12,14-22,24-28H,11,13,23H2/b41-26+,44-36?,45-43?. The highest BCUT2D eigenvalue weighted by Crippen LogP contribution is 2.41. The maximum Gasteiger partial charge on any atom is 0.161 e. The number of fused-ring (bicyclic) bond motifs is 6. The van der Waals surface area contributed by atoms with E-state index in [0.29, 0.717) is 5.84 Å². The summed E-state index contributed by atoms with van der Waals surface area (Å²) >= 11 is 0. The Morgan fingerprint density at radius 2 is 1.23 bits per heavy atom. The highest BCUT2D eigenvalue weighted by atomic mass is 16.3. The fourth-order valence-electron chi connectivity index (χ4n) is 6.95. The molecule has 47 heavy (non-hydrogen) atoms. The predicted octanol–water partition coefficient (Wildman–Crippen LogP) is 11.3. The van der Waals surface area contributed by atoms with Gasteiger partial charge in [-0.3, -0.25) is 4.57 Å². The number of nitrogens with zero attached hydrogens (tertiary/aromatic N) is 3. The molecule has 9 rings (SSSR count). The molecule has 3 heterocycles. The Morgan fingerprint density at radius 1 is 0.532 bits per heavy atom. The van der Waals surface area contributed by atoms with Crippen molar-refractivity contribution in [2.24, 2.45) is 9.98 Å². The summed E-state index contributed by atoms with van der Waals surface area (Å²) in [4.78, 5) is 10.7. The molecule has 0 N–H and O–H groups in total. The van der Waals surface area contributed by atoms with Gasteiger partial charge in [0.1, 0.15) is 17.0 Å². The Bertz CT molecular complexity index is 2520. The van der Waals surface area contributed by atoms with Gasteiger partial charge in [-0.25, -0.2) is 9.98 Å². The van der Waals surface area contributed by atoms with Crippen LogP contribution in [0.25, 0.3) is 60.7 Å². The van der Waals surface area contributed by atoms with Crippen LogP contribution in [-0.4, -0.2) is 16.1 Å². The van der Waals surface area contributed by atoms with E-state index in [0.717, 1.165) is 85.8 Å². The van der Waals surface area contributed by atoms with Gasteiger partial charge >= 0.3 is 0 Å². The number of rotatable bonds is 4. The highest BCUT2D eigenvalue weighted by molar-refractivity contribution is 6.20. The molecule has 0 bridgehead atoms. The minimum atomic E-state index is 0.713. The van der Waals surface area contributed by atoms with Crippen molar-refractivity contribution >= 4 is 61.1 Å². The molecule has 0 atom stereocenters. The summed E-state index contributed by atoms with van der Waals surface area (Å²) < 4.78 is 8.86. The fraction of sp³-hybridized carbons (Fsp3) is 0.0698. The predicted molar refractivity (Wildman–Crippen MR) is 196 cm³/mol. The molecule has 1 aliphatic heterocycles. The van der Waals surface area contributed by atoms with E-state index in [2.05, 4.69) is 150 Å². The lowest BCUT2D eigenvalue weighted by Crippen LogP contribution is -2.07. The second-order valence-corrected chi connectivity index (χ2v) is 12.0. The van der Waals surface area contributed by atoms with Crippen molar-refractivity contribution in [1.29, 1.82) is 0 Å². The van der Waals surface area contributed by atoms with Crippen LogP contribution < -0.4 is 0 Å². The summed E-state index contributed by atoms with van der Waals surface area (Å²) in [6.07, 6.45) is 5.01. The molecule has 0 aliphatic carbocycles. The van der Waals surface area contributed by atoms with Gasteiger partial charge < -0.3 is 4.42 Å². The van der Waals surface area contributed by atoms with Crippen LogP contribution in [0.3, 0.4) is 0 Å². The van der Waals surface area contributed by atoms with E-state index in [1.165, 1.54) is 10.9 Å². The number of para-hydroxylation sites is 1. The molecule has 0 saturated heterocycles. The van der Waals surface area contributed by atoms with Crippen LogP contribution in [-0.2, 0) is 0 Å². The van der Waals surface area contributed by atoms with Crippen LogP contribution in [0.2, 0.25) is 0 Å². The topological polar surface area (TPSA) is 42.8 Å². The molecule has 6 aromatic carbocycles. The maximum atomic E-state index is 6.54. The van der Waals surface area contributed by atoms with E-state index >= 15 is 0 Å². The Kier molecular flexibility index (Phi) is 6.64. The molecular weight excluding hydrogens is 574 g/mol. The minimum absolute atomic E-state index is 0.713. The maximum absolute atomic E-state index is 6.54. The van der Waals surface area contributed by atoms with Gasteiger partial charge in [-0.2, -0.15) is 0 Å². The Labute approximate surface area is 272 Å². The third-order valence-corrected chi connectivity index (χ3v) is 9.15. The van der Waals surface area contributed by atoms with Crippen LogP contribution >= 0.6 is 0 Å². The van der Waals surface area contributed by atoms with Crippen molar-refractivity contribution < 1.29 is 4.42 Å². The third kappa shape index (κ3) is 4.77. The van der Waals surface area contributed by atoms with Crippen LogP contribution in [0.15, 0.2) is 166 Å². The molecule has 0 fully saturated rings. The number of aromatic nitrogens is 1. The zero-order chi connectivity index (χ0) is 31.2. The second kappa shape index (κ2) is 11.4. The molecule has 1 aliphatic rings. The molecule has 8 aromatic rings. The summed E-state index contributed by atoms with van der Waals surface area (Å²) in [5.41, 5.74) is 9.50. The third-order valence-electron chi connectivity index (χ3n) is 9.15. The van der Waals surface area contributed by atoms with E-state index in [9.17, 15) is 0 Å². The number of allylic oxidation sites excluding steroid dienone is 1. The van der Waals surface area contributed by atoms with Gasteiger partial charge in [0.05, 0.1) is 16.7 Å². The quantitative estimate of drug-likeness (QED) is 0.197. The van der Waals surface area contributed by atoms with Gasteiger partial charge in [0.2, 0.25) is 0 Å². The molecule has 0 amide bonds. The Morgan fingerprint density at radius 3 is 2.02 bits per heavy atom. The first kappa shape index (κ1) is 27.3. The molecular formula is C43H31N3O. The summed E-state index contributed by atoms with van der Waals surface area (Å²) in [6, 6.07) is 50.8. The van der Waals surface area contributed by atoms with Crippen LogP contribution in [0.5, 0.6) is 0 Å². The zero-order valence-electron chi connectivity index (χ0n) is 25.8. The van der Waals surface area contributed by atoms with Gasteiger partial charge in [-0.15, -0.1) is 0 Å². The molecule has 224 valence electrons. The normalized spacial score (nSPS) is 15.2. The Balaban J connectivity index is 1.32. The van der Waals surface area contributed by atoms with Crippen molar-refractivity contribution in [2.45, 2.75) is 19.3 Å². The number of benzene rings is 6. The van der Waals surface area contributed by atoms with E-state index in [1.54, 1.807) is 0 Å². The van der Waals surface area contributed by atoms with Gasteiger partial charge in [0.25, 0.3) is 0 Å². The first-order valence-electron chi connectivity index (χ1n) is 16.2. The lowest BCUT2D eigenvalue weighted by atomic mass is 9.99. The largest absolute Gasteiger partial charge is 0.456 e. The van der Waals surface area contributed by atoms with Gasteiger partial charge in [0, 0.05) is 27.1 Å². The first-order chi connectivity index (χ1) is 23.3. The lowest BCUT2D eigenvalue weighted by molar-refractivity contribution is 0.669. The number of furan rings is 1. The molecule has 0 unspecified atom stereocenters. The Hall–Kier alpha value is -6.00. The summed E-state index contributed by atoms with van der Waals surface area (Å²) in [5, 5.41) is 4.52. The summed E-state index contributed by atoms with van der Waals surface area (Å²) in [7, 11) is 0. The smallest absolute Gasteiger partial charge is 0.161 e. The first-order valence-corrected chi connectivity index (χ1v) is 16.2. The van der Waals surface area contributed by atoms with Gasteiger partial charge in [-0.1, -0.05) is 121 Å². The van der Waals surface area contributed by atoms with E-state index in [-0.39, 0.29) is 0 Å². The average molecular weight is 606 g/mol. The van der Waals surface area contributed by atoms with Crippen LogP contribution in [0, 0.1) is 0 Å². The SMILES string of the molecule is C1=C(/n2c3ccccc3c3cc4oc5cccc(-c6ccccc6)c5c4cc32)N=C(c2ccccc2)N=C(c2ccccc2)CCC/1. The number of hydrogen-bond donors (Lipinski definition) is 0. The number of hydrogen-bond acceptors (Lipinski definition) is 3. The summed E-state index contributed by atoms with van der Waals surface area (Å²) in [6.45, 7) is 0. The summed E-state index contributed by atoms with van der Waals surface area (Å²) in [5.74, 6) is 1.59. The van der Waals surface area contributed by atoms with Crippen molar-refractivity contribution in [3.05, 3.63) is 163 Å². The monoisotopic (exact) mass is 605 g/mol. The number of aliphatic imine (C=N–C) groups is 2. The van der Waals surface area contributed by atoms with Crippen LogP contribution in [0.4, 0.5) is 0 Å². The molecule has 4 nitrogen and oxygen atoms in total. The average Bonchev–Trinajstić information content (AvgIpc) is 3.69. The lowest BCUT2D eigenvalue weighted by Gasteiger charge is -2.11. The van der Waals surface area contributed by atoms with Crippen molar-refractivity contribution in [2.75, 3.05) is 0 Å². The molecule has 0 spiro atoms. The minimum Gasteiger partial charge on any atom is -0.456 e. The zero-order valence-corrected chi connectivity index (χ0v) is 25.8. The van der Waals surface area contributed by atoms with E-state index in [4.69, 9.17) is 14.4 Å². The number of amidine groups is 1. The van der Waals surface area contributed by atoms with Gasteiger partial charge in [0.15, 0.2) is 5.84 Å². The van der Waals surface area contributed by atoms with E-state index < -0.39 is 0 Å². The second-order valence-electron chi connectivity index (χ2n) is 12.0. The molecule has 2 aromatic heterocycles. The van der Waals surface area contributed by atoms with Crippen molar-refractivity contribution in [1.82, 2.24) is 4.57 Å². The van der Waals surface area contributed by atoms with Crippen molar-refractivity contribution in [3.63, 3.8) is 0 Å².